The third-order valence-electron chi connectivity index (χ3n) is 3.10. The highest BCUT2D eigenvalue weighted by molar-refractivity contribution is 8.13. The zero-order valence-electron chi connectivity index (χ0n) is 13.3. The van der Waals surface area contributed by atoms with Crippen molar-refractivity contribution in [2.24, 2.45) is 9.98 Å². The molecule has 1 saturated heterocycles. The van der Waals surface area contributed by atoms with Crippen LogP contribution in [0.3, 0.4) is 0 Å². The van der Waals surface area contributed by atoms with E-state index in [0.717, 1.165) is 21.6 Å². The second-order valence-corrected chi connectivity index (χ2v) is 5.89. The van der Waals surface area contributed by atoms with Crippen molar-refractivity contribution in [2.45, 2.75) is 6.92 Å². The first-order chi connectivity index (χ1) is 11.4. The molecular formula is C14H16N5O4S+. The van der Waals surface area contributed by atoms with E-state index in [0.29, 0.717) is 5.75 Å². The molecule has 1 aromatic heterocycles. The van der Waals surface area contributed by atoms with Crippen molar-refractivity contribution >= 4 is 46.3 Å². The molecule has 24 heavy (non-hydrogen) atoms. The summed E-state index contributed by atoms with van der Waals surface area (Å²) in [5, 5.41) is 5.87. The van der Waals surface area contributed by atoms with Gasteiger partial charge in [-0.25, -0.2) is 14.7 Å². The molecule has 0 atom stereocenters. The lowest BCUT2D eigenvalue weighted by Gasteiger charge is -2.23. The summed E-state index contributed by atoms with van der Waals surface area (Å²) in [6, 6.07) is 2.47. The molecular weight excluding hydrogens is 334 g/mol. The monoisotopic (exact) mass is 350 g/mol. The maximum Gasteiger partial charge on any atom is 0.418 e. The van der Waals surface area contributed by atoms with Crippen molar-refractivity contribution in [3.8, 4) is 0 Å². The Morgan fingerprint density at radius 1 is 1.33 bits per heavy atom. The van der Waals surface area contributed by atoms with Crippen molar-refractivity contribution in [2.75, 3.05) is 19.8 Å². The molecule has 2 N–H and O–H groups in total. The van der Waals surface area contributed by atoms with Gasteiger partial charge in [0.1, 0.15) is 0 Å². The van der Waals surface area contributed by atoms with Gasteiger partial charge in [-0.1, -0.05) is 18.7 Å². The number of carbonyl (C=O) groups excluding carboxylic acids is 3. The third kappa shape index (κ3) is 3.43. The lowest BCUT2D eigenvalue weighted by atomic mass is 10.2. The first-order valence-electron chi connectivity index (χ1n) is 6.93. The van der Waals surface area contributed by atoms with E-state index in [-0.39, 0.29) is 22.5 Å². The quantitative estimate of drug-likeness (QED) is 0.577. The Bertz CT molecular complexity index is 727. The maximum atomic E-state index is 12.2. The smallest absolute Gasteiger partial charge is 0.418 e. The summed E-state index contributed by atoms with van der Waals surface area (Å²) in [6.45, 7) is 1.84. The number of urea groups is 1. The topological polar surface area (TPSA) is 121 Å². The molecule has 0 bridgehead atoms. The summed E-state index contributed by atoms with van der Waals surface area (Å²) < 4.78 is 4.98. The predicted molar refractivity (Wildman–Crippen MR) is 88.9 cm³/mol. The largest absolute Gasteiger partial charge is 0.459 e. The Labute approximate surface area is 141 Å². The van der Waals surface area contributed by atoms with E-state index < -0.39 is 17.8 Å². The highest BCUT2D eigenvalue weighted by atomic mass is 32.2. The number of hydrogen-bond acceptors (Lipinski definition) is 5. The number of nitrogens with zero attached hydrogens (tertiary/aromatic N) is 4. The maximum absolute atomic E-state index is 12.2. The van der Waals surface area contributed by atoms with Crippen molar-refractivity contribution in [3.05, 3.63) is 24.2 Å². The molecule has 4 amide bonds. The van der Waals surface area contributed by atoms with E-state index in [4.69, 9.17) is 9.83 Å². The summed E-state index contributed by atoms with van der Waals surface area (Å²) in [5.74, 6) is -0.760. The van der Waals surface area contributed by atoms with Gasteiger partial charge in [-0.2, -0.15) is 9.89 Å². The Morgan fingerprint density at radius 3 is 2.62 bits per heavy atom. The Kier molecular flexibility index (Phi) is 5.29. The van der Waals surface area contributed by atoms with Gasteiger partial charge in [0.05, 0.1) is 13.3 Å². The van der Waals surface area contributed by atoms with Crippen LogP contribution in [0.15, 0.2) is 32.8 Å². The summed E-state index contributed by atoms with van der Waals surface area (Å²) in [7, 11) is 2.74. The molecule has 0 unspecified atom stereocenters. The minimum absolute atomic E-state index is 0.0562. The molecule has 1 aromatic rings. The zero-order chi connectivity index (χ0) is 17.9. The molecule has 9 nitrogen and oxygen atoms in total. The molecule has 10 heteroatoms. The van der Waals surface area contributed by atoms with Crippen LogP contribution in [0.2, 0.25) is 0 Å². The first-order valence-corrected chi connectivity index (χ1v) is 7.92. The molecule has 126 valence electrons. The molecule has 0 aliphatic carbocycles. The number of nitrogens with two attached hydrogens (primary N) is 1. The summed E-state index contributed by atoms with van der Waals surface area (Å²) in [5.41, 5.74) is -0.147. The molecule has 1 aliphatic heterocycles. The minimum Gasteiger partial charge on any atom is -0.459 e. The van der Waals surface area contributed by atoms with Gasteiger partial charge in [-0.15, -0.1) is 0 Å². The van der Waals surface area contributed by atoms with Crippen molar-refractivity contribution in [1.82, 2.24) is 9.80 Å². The number of imide groups is 1. The van der Waals surface area contributed by atoms with Crippen molar-refractivity contribution < 1.29 is 24.2 Å². The lowest BCUT2D eigenvalue weighted by Crippen LogP contribution is -2.66. The molecule has 2 heterocycles. The SMILES string of the molecule is CCSC(=NC(=O)c1ccco1)/N=C1\C(=[NH2+])N(C)C(=O)N(C)C1=O. The van der Waals surface area contributed by atoms with E-state index >= 15 is 0 Å². The second-order valence-electron chi connectivity index (χ2n) is 4.66. The number of amides is 4. The van der Waals surface area contributed by atoms with Gasteiger partial charge in [0.25, 0.3) is 5.91 Å². The molecule has 0 saturated carbocycles. The van der Waals surface area contributed by atoms with E-state index in [1.807, 2.05) is 6.92 Å². The molecule has 1 fully saturated rings. The second kappa shape index (κ2) is 7.21. The standard InChI is InChI=1S/C14H15N5O4S/c1-4-24-13(17-11(20)8-6-5-7-23-8)16-9-10(15)18(2)14(22)19(3)12(9)21/h5-7,15H,4H2,1-3H3/p+1/b15-10?,16-9+,17-13?. The summed E-state index contributed by atoms with van der Waals surface area (Å²) >= 11 is 1.16. The Balaban J connectivity index is 2.39. The van der Waals surface area contributed by atoms with Crippen LogP contribution in [0.25, 0.3) is 0 Å². The van der Waals surface area contributed by atoms with E-state index in [2.05, 4.69) is 9.98 Å². The van der Waals surface area contributed by atoms with Gasteiger partial charge in [0, 0.05) is 7.05 Å². The third-order valence-corrected chi connectivity index (χ3v) is 3.82. The Hall–Kier alpha value is -2.75. The van der Waals surface area contributed by atoms with E-state index in [9.17, 15) is 14.4 Å². The van der Waals surface area contributed by atoms with Gasteiger partial charge < -0.3 is 4.42 Å². The van der Waals surface area contributed by atoms with Crippen LogP contribution in [-0.4, -0.2) is 64.2 Å². The van der Waals surface area contributed by atoms with Crippen LogP contribution in [0, 0.1) is 0 Å². The molecule has 0 radical (unpaired) electrons. The van der Waals surface area contributed by atoms with Gasteiger partial charge in [-0.3, -0.25) is 15.0 Å². The van der Waals surface area contributed by atoms with E-state index in [1.165, 1.54) is 26.4 Å². The van der Waals surface area contributed by atoms with Gasteiger partial charge >= 0.3 is 17.8 Å². The number of rotatable bonds is 2. The van der Waals surface area contributed by atoms with Crippen LogP contribution in [0.1, 0.15) is 17.5 Å². The lowest BCUT2D eigenvalue weighted by molar-refractivity contribution is -0.129. The van der Waals surface area contributed by atoms with Gasteiger partial charge in [-0.05, 0) is 17.9 Å². The molecule has 2 rings (SSSR count). The summed E-state index contributed by atoms with van der Waals surface area (Å²) in [6.07, 6.45) is 1.35. The van der Waals surface area contributed by atoms with E-state index in [1.54, 1.807) is 6.07 Å². The minimum atomic E-state index is -0.662. The van der Waals surface area contributed by atoms with Crippen LogP contribution in [-0.2, 0) is 4.79 Å². The fraction of sp³-hybridized carbons (Fsp3) is 0.286. The predicted octanol–water partition coefficient (Wildman–Crippen LogP) is -0.349. The molecule has 1 aliphatic rings. The number of aliphatic imine (C=N–C) groups is 2. The van der Waals surface area contributed by atoms with Crippen molar-refractivity contribution in [3.63, 3.8) is 0 Å². The first kappa shape index (κ1) is 17.6. The fourth-order valence-electron chi connectivity index (χ4n) is 1.80. The van der Waals surface area contributed by atoms with Crippen molar-refractivity contribution in [1.29, 1.82) is 0 Å². The zero-order valence-corrected chi connectivity index (χ0v) is 14.2. The number of thioether (sulfide) groups is 1. The number of carbonyl (C=O) groups is 3. The van der Waals surface area contributed by atoms with Gasteiger partial charge in [0.2, 0.25) is 5.71 Å². The van der Waals surface area contributed by atoms with Crippen LogP contribution in [0.4, 0.5) is 4.79 Å². The van der Waals surface area contributed by atoms with Crippen LogP contribution < -0.4 is 5.41 Å². The molecule has 0 aromatic carbocycles. The number of furan rings is 1. The summed E-state index contributed by atoms with van der Waals surface area (Å²) in [4.78, 5) is 46.0. The average molecular weight is 350 g/mol. The Morgan fingerprint density at radius 2 is 2.04 bits per heavy atom. The van der Waals surface area contributed by atoms with Gasteiger partial charge in [0.15, 0.2) is 10.9 Å². The molecule has 0 spiro atoms. The highest BCUT2D eigenvalue weighted by Gasteiger charge is 2.43. The average Bonchev–Trinajstić information content (AvgIpc) is 3.10. The fourth-order valence-corrected chi connectivity index (χ4v) is 2.37. The highest BCUT2D eigenvalue weighted by Crippen LogP contribution is 2.12. The van der Waals surface area contributed by atoms with Crippen LogP contribution in [0.5, 0.6) is 0 Å². The number of hydrogen-bond donors (Lipinski definition) is 1. The normalized spacial score (nSPS) is 17.9. The number of amidine groups is 2. The van der Waals surface area contributed by atoms with Crippen LogP contribution >= 0.6 is 11.8 Å².